The van der Waals surface area contributed by atoms with Crippen LogP contribution >= 0.6 is 23.2 Å². The maximum absolute atomic E-state index is 12.1. The zero-order valence-corrected chi connectivity index (χ0v) is 17.0. The largest absolute Gasteiger partial charge is 0.490 e. The SMILES string of the molecule is O=C(CNc1cc(Cl)ccc1Cl)Nc1ccc(OCCOc2ccccc2)cc1. The van der Waals surface area contributed by atoms with Crippen LogP contribution in [0.1, 0.15) is 0 Å². The smallest absolute Gasteiger partial charge is 0.243 e. The molecule has 5 nitrogen and oxygen atoms in total. The van der Waals surface area contributed by atoms with Crippen LogP contribution in [0, 0.1) is 0 Å². The van der Waals surface area contributed by atoms with Crippen molar-refractivity contribution in [3.8, 4) is 11.5 Å². The number of carbonyl (C=O) groups excluding carboxylic acids is 1. The summed E-state index contributed by atoms with van der Waals surface area (Å²) in [6.07, 6.45) is 0. The van der Waals surface area contributed by atoms with Crippen LogP contribution < -0.4 is 20.1 Å². The number of amides is 1. The molecule has 0 saturated heterocycles. The van der Waals surface area contributed by atoms with Crippen molar-refractivity contribution < 1.29 is 14.3 Å². The van der Waals surface area contributed by atoms with Gasteiger partial charge in [-0.15, -0.1) is 0 Å². The van der Waals surface area contributed by atoms with E-state index in [4.69, 9.17) is 32.7 Å². The fourth-order valence-corrected chi connectivity index (χ4v) is 2.84. The Morgan fingerprint density at radius 2 is 1.48 bits per heavy atom. The lowest BCUT2D eigenvalue weighted by atomic mass is 10.3. The van der Waals surface area contributed by atoms with Crippen molar-refractivity contribution in [2.75, 3.05) is 30.4 Å². The molecule has 0 aliphatic heterocycles. The van der Waals surface area contributed by atoms with E-state index >= 15 is 0 Å². The summed E-state index contributed by atoms with van der Waals surface area (Å²) in [6, 6.07) is 21.7. The first kappa shape index (κ1) is 20.8. The molecule has 0 aliphatic rings. The molecule has 0 radical (unpaired) electrons. The first-order valence-electron chi connectivity index (χ1n) is 8.99. The molecule has 2 N–H and O–H groups in total. The molecule has 29 heavy (non-hydrogen) atoms. The molecule has 0 atom stereocenters. The third-order valence-corrected chi connectivity index (χ3v) is 4.43. The monoisotopic (exact) mass is 430 g/mol. The van der Waals surface area contributed by atoms with E-state index in [-0.39, 0.29) is 12.5 Å². The molecule has 0 saturated carbocycles. The topological polar surface area (TPSA) is 59.6 Å². The van der Waals surface area contributed by atoms with E-state index in [9.17, 15) is 4.79 Å². The van der Waals surface area contributed by atoms with E-state index in [1.807, 2.05) is 30.3 Å². The Balaban J connectivity index is 1.40. The molecule has 3 aromatic rings. The number of hydrogen-bond acceptors (Lipinski definition) is 4. The molecule has 0 unspecified atom stereocenters. The molecule has 0 spiro atoms. The fraction of sp³-hybridized carbons (Fsp3) is 0.136. The van der Waals surface area contributed by atoms with Gasteiger partial charge < -0.3 is 20.1 Å². The third-order valence-electron chi connectivity index (χ3n) is 3.87. The van der Waals surface area contributed by atoms with Crippen molar-refractivity contribution >= 4 is 40.5 Å². The van der Waals surface area contributed by atoms with Gasteiger partial charge in [0, 0.05) is 10.7 Å². The number of anilines is 2. The maximum atomic E-state index is 12.1. The normalized spacial score (nSPS) is 10.3. The zero-order chi connectivity index (χ0) is 20.5. The second kappa shape index (κ2) is 10.6. The first-order chi connectivity index (χ1) is 14.1. The summed E-state index contributed by atoms with van der Waals surface area (Å²) in [6.45, 7) is 0.931. The number of hydrogen-bond donors (Lipinski definition) is 2. The summed E-state index contributed by atoms with van der Waals surface area (Å²) >= 11 is 12.0. The highest BCUT2D eigenvalue weighted by molar-refractivity contribution is 6.35. The van der Waals surface area contributed by atoms with E-state index in [2.05, 4.69) is 10.6 Å². The lowest BCUT2D eigenvalue weighted by molar-refractivity contribution is -0.114. The molecule has 0 heterocycles. The molecule has 0 fully saturated rings. The number of carbonyl (C=O) groups is 1. The van der Waals surface area contributed by atoms with E-state index < -0.39 is 0 Å². The van der Waals surface area contributed by atoms with Gasteiger partial charge in [0.05, 0.1) is 17.3 Å². The van der Waals surface area contributed by atoms with Gasteiger partial charge in [0.25, 0.3) is 0 Å². The minimum absolute atomic E-state index is 0.0646. The molecule has 3 rings (SSSR count). The van der Waals surface area contributed by atoms with Gasteiger partial charge in [0.2, 0.25) is 5.91 Å². The Hall–Kier alpha value is -2.89. The number of rotatable bonds is 9. The summed E-state index contributed by atoms with van der Waals surface area (Å²) in [4.78, 5) is 12.1. The minimum atomic E-state index is -0.203. The maximum Gasteiger partial charge on any atom is 0.243 e. The Bertz CT molecular complexity index is 935. The second-order valence-electron chi connectivity index (χ2n) is 6.06. The number of halogens is 2. The van der Waals surface area contributed by atoms with Crippen LogP contribution in [0.4, 0.5) is 11.4 Å². The van der Waals surface area contributed by atoms with Crippen molar-refractivity contribution in [2.45, 2.75) is 0 Å². The van der Waals surface area contributed by atoms with Crippen molar-refractivity contribution in [2.24, 2.45) is 0 Å². The number of para-hydroxylation sites is 1. The Morgan fingerprint density at radius 3 is 2.17 bits per heavy atom. The van der Waals surface area contributed by atoms with E-state index in [1.165, 1.54) is 0 Å². The van der Waals surface area contributed by atoms with Crippen LogP contribution in [-0.4, -0.2) is 25.7 Å². The van der Waals surface area contributed by atoms with Gasteiger partial charge in [0.1, 0.15) is 24.7 Å². The summed E-state index contributed by atoms with van der Waals surface area (Å²) < 4.78 is 11.2. The van der Waals surface area contributed by atoms with Crippen LogP contribution in [0.5, 0.6) is 11.5 Å². The number of nitrogens with one attached hydrogen (secondary N) is 2. The molecule has 0 aliphatic carbocycles. The molecule has 150 valence electrons. The summed E-state index contributed by atoms with van der Waals surface area (Å²) in [5, 5.41) is 6.81. The van der Waals surface area contributed by atoms with Crippen LogP contribution in [0.15, 0.2) is 72.8 Å². The highest BCUT2D eigenvalue weighted by Gasteiger charge is 2.06. The van der Waals surface area contributed by atoms with E-state index in [0.717, 1.165) is 5.75 Å². The van der Waals surface area contributed by atoms with Crippen LogP contribution in [0.25, 0.3) is 0 Å². The minimum Gasteiger partial charge on any atom is -0.490 e. The van der Waals surface area contributed by atoms with Gasteiger partial charge in [-0.3, -0.25) is 4.79 Å². The Kier molecular flexibility index (Phi) is 7.61. The van der Waals surface area contributed by atoms with Crippen molar-refractivity contribution in [3.63, 3.8) is 0 Å². The predicted molar refractivity (Wildman–Crippen MR) is 117 cm³/mol. The van der Waals surface area contributed by atoms with Gasteiger partial charge in [-0.05, 0) is 54.6 Å². The molecular formula is C22H20Cl2N2O3. The molecule has 3 aromatic carbocycles. The Labute approximate surface area is 179 Å². The lowest BCUT2D eigenvalue weighted by Crippen LogP contribution is -2.21. The highest BCUT2D eigenvalue weighted by atomic mass is 35.5. The number of benzene rings is 3. The third kappa shape index (κ3) is 6.89. The quantitative estimate of drug-likeness (QED) is 0.439. The van der Waals surface area contributed by atoms with Crippen molar-refractivity contribution in [1.82, 2.24) is 0 Å². The fourth-order valence-electron chi connectivity index (χ4n) is 2.48. The van der Waals surface area contributed by atoms with Gasteiger partial charge in [0.15, 0.2) is 0 Å². The zero-order valence-electron chi connectivity index (χ0n) is 15.5. The average Bonchev–Trinajstić information content (AvgIpc) is 2.74. The summed E-state index contributed by atoms with van der Waals surface area (Å²) in [5.41, 5.74) is 1.28. The van der Waals surface area contributed by atoms with E-state index in [0.29, 0.717) is 40.4 Å². The second-order valence-corrected chi connectivity index (χ2v) is 6.90. The van der Waals surface area contributed by atoms with Gasteiger partial charge in [-0.25, -0.2) is 0 Å². The molecule has 0 bridgehead atoms. The summed E-state index contributed by atoms with van der Waals surface area (Å²) in [5.74, 6) is 1.30. The first-order valence-corrected chi connectivity index (χ1v) is 9.75. The average molecular weight is 431 g/mol. The predicted octanol–water partition coefficient (Wildman–Crippen LogP) is 5.50. The van der Waals surface area contributed by atoms with Crippen molar-refractivity contribution in [1.29, 1.82) is 0 Å². The van der Waals surface area contributed by atoms with Crippen LogP contribution in [0.2, 0.25) is 10.0 Å². The van der Waals surface area contributed by atoms with Gasteiger partial charge in [-0.1, -0.05) is 41.4 Å². The lowest BCUT2D eigenvalue weighted by Gasteiger charge is -2.11. The van der Waals surface area contributed by atoms with E-state index in [1.54, 1.807) is 42.5 Å². The van der Waals surface area contributed by atoms with Gasteiger partial charge >= 0.3 is 0 Å². The highest BCUT2D eigenvalue weighted by Crippen LogP contribution is 2.25. The van der Waals surface area contributed by atoms with Crippen LogP contribution in [-0.2, 0) is 4.79 Å². The summed E-state index contributed by atoms with van der Waals surface area (Å²) in [7, 11) is 0. The molecular weight excluding hydrogens is 411 g/mol. The van der Waals surface area contributed by atoms with Gasteiger partial charge in [-0.2, -0.15) is 0 Å². The Morgan fingerprint density at radius 1 is 0.828 bits per heavy atom. The molecule has 0 aromatic heterocycles. The number of ether oxygens (including phenoxy) is 2. The van der Waals surface area contributed by atoms with Crippen molar-refractivity contribution in [3.05, 3.63) is 82.8 Å². The molecule has 1 amide bonds. The van der Waals surface area contributed by atoms with Crippen LogP contribution in [0.3, 0.4) is 0 Å². The standard InChI is InChI=1S/C22H20Cl2N2O3/c23-16-6-11-20(24)21(14-16)25-15-22(27)26-17-7-9-19(10-8-17)29-13-12-28-18-4-2-1-3-5-18/h1-11,14,25H,12-13,15H2,(H,26,27). The molecule has 7 heteroatoms.